The molecule has 0 amide bonds. The highest BCUT2D eigenvalue weighted by molar-refractivity contribution is 6.33. The van der Waals surface area contributed by atoms with Crippen LogP contribution in [0.3, 0.4) is 0 Å². The Morgan fingerprint density at radius 2 is 2.04 bits per heavy atom. The lowest BCUT2D eigenvalue weighted by Crippen LogP contribution is -2.33. The molecule has 0 unspecified atom stereocenters. The minimum absolute atomic E-state index is 0.0333. The molecule has 0 aromatic heterocycles. The number of benzene rings is 2. The molecule has 24 heavy (non-hydrogen) atoms. The van der Waals surface area contributed by atoms with Gasteiger partial charge >= 0.3 is 0 Å². The third kappa shape index (κ3) is 2.21. The molecule has 0 radical (unpaired) electrons. The predicted molar refractivity (Wildman–Crippen MR) is 88.5 cm³/mol. The van der Waals surface area contributed by atoms with Crippen LogP contribution in [0.15, 0.2) is 48.6 Å². The highest BCUT2D eigenvalue weighted by Gasteiger charge is 2.40. The minimum Gasteiger partial charge on any atom is -0.545 e. The fourth-order valence-electron chi connectivity index (χ4n) is 3.89. The molecular formula is C19H14ClFNO2-. The largest absolute Gasteiger partial charge is 0.545 e. The van der Waals surface area contributed by atoms with E-state index in [1.165, 1.54) is 18.2 Å². The zero-order valence-electron chi connectivity index (χ0n) is 12.6. The van der Waals surface area contributed by atoms with Crippen molar-refractivity contribution in [1.29, 1.82) is 0 Å². The number of anilines is 1. The fourth-order valence-corrected chi connectivity index (χ4v) is 4.11. The van der Waals surface area contributed by atoms with E-state index in [4.69, 9.17) is 11.6 Å². The van der Waals surface area contributed by atoms with E-state index in [1.807, 2.05) is 12.2 Å². The van der Waals surface area contributed by atoms with E-state index >= 15 is 0 Å². The lowest BCUT2D eigenvalue weighted by atomic mass is 9.75. The van der Waals surface area contributed by atoms with E-state index in [0.717, 1.165) is 6.42 Å². The number of carboxylic acids is 1. The molecule has 0 fully saturated rings. The van der Waals surface area contributed by atoms with Crippen LogP contribution >= 0.6 is 11.6 Å². The van der Waals surface area contributed by atoms with Crippen molar-refractivity contribution in [2.24, 2.45) is 5.92 Å². The molecule has 1 aliphatic heterocycles. The molecule has 0 saturated carbocycles. The van der Waals surface area contributed by atoms with E-state index in [2.05, 4.69) is 5.32 Å². The first-order valence-electron chi connectivity index (χ1n) is 7.79. The van der Waals surface area contributed by atoms with Crippen LogP contribution in [0.5, 0.6) is 0 Å². The molecule has 3 atom stereocenters. The summed E-state index contributed by atoms with van der Waals surface area (Å²) in [6.45, 7) is 0. The van der Waals surface area contributed by atoms with Crippen LogP contribution in [0.1, 0.15) is 39.9 Å². The zero-order valence-corrected chi connectivity index (χ0v) is 13.4. The van der Waals surface area contributed by atoms with Crippen LogP contribution in [0.4, 0.5) is 10.1 Å². The summed E-state index contributed by atoms with van der Waals surface area (Å²) in [6.07, 6.45) is 4.75. The number of fused-ring (bicyclic) bond motifs is 3. The van der Waals surface area contributed by atoms with Crippen LogP contribution in [0.2, 0.25) is 5.02 Å². The molecule has 2 aromatic rings. The molecule has 0 saturated heterocycles. The quantitative estimate of drug-likeness (QED) is 0.847. The molecule has 0 spiro atoms. The van der Waals surface area contributed by atoms with Gasteiger partial charge in [0.15, 0.2) is 0 Å². The molecule has 2 aromatic carbocycles. The number of hydrogen-bond donors (Lipinski definition) is 1. The van der Waals surface area contributed by atoms with Crippen molar-refractivity contribution in [3.63, 3.8) is 0 Å². The van der Waals surface area contributed by atoms with E-state index in [1.54, 1.807) is 18.2 Å². The van der Waals surface area contributed by atoms with Crippen LogP contribution < -0.4 is 10.4 Å². The van der Waals surface area contributed by atoms with Gasteiger partial charge in [-0.05, 0) is 30.0 Å². The summed E-state index contributed by atoms with van der Waals surface area (Å²) < 4.78 is 14.3. The Balaban J connectivity index is 1.90. The second-order valence-corrected chi connectivity index (χ2v) is 6.58. The van der Waals surface area contributed by atoms with Crippen molar-refractivity contribution in [1.82, 2.24) is 0 Å². The number of carbonyl (C=O) groups is 1. The maximum absolute atomic E-state index is 14.3. The summed E-state index contributed by atoms with van der Waals surface area (Å²) in [6, 6.07) is 9.38. The minimum atomic E-state index is -1.23. The molecule has 0 bridgehead atoms. The lowest BCUT2D eigenvalue weighted by molar-refractivity contribution is -0.255. The summed E-state index contributed by atoms with van der Waals surface area (Å²) in [5.41, 5.74) is 1.89. The zero-order chi connectivity index (χ0) is 16.8. The summed E-state index contributed by atoms with van der Waals surface area (Å²) in [7, 11) is 0. The first kappa shape index (κ1) is 15.2. The second kappa shape index (κ2) is 5.64. The van der Waals surface area contributed by atoms with Gasteiger partial charge < -0.3 is 15.2 Å². The first-order valence-corrected chi connectivity index (χ1v) is 8.17. The maximum Gasteiger partial charge on any atom is 0.128 e. The summed E-state index contributed by atoms with van der Waals surface area (Å²) in [5.74, 6) is -1.60. The molecule has 1 heterocycles. The molecule has 2 aliphatic rings. The fraction of sp³-hybridized carbons (Fsp3) is 0.211. The van der Waals surface area contributed by atoms with E-state index in [0.29, 0.717) is 21.8 Å². The van der Waals surface area contributed by atoms with Gasteiger partial charge in [0.25, 0.3) is 0 Å². The van der Waals surface area contributed by atoms with Gasteiger partial charge in [-0.15, -0.1) is 0 Å². The van der Waals surface area contributed by atoms with Gasteiger partial charge in [0.05, 0.1) is 22.7 Å². The summed E-state index contributed by atoms with van der Waals surface area (Å²) in [4.78, 5) is 11.5. The SMILES string of the molecule is O=C([O-])c1ccc(Cl)c2c1[C@@H]1C=CC[C@@H]1[C@H](c1ccccc1F)N2. The Labute approximate surface area is 143 Å². The Hall–Kier alpha value is -2.33. The molecule has 1 aliphatic carbocycles. The van der Waals surface area contributed by atoms with Gasteiger partial charge in [-0.1, -0.05) is 48.0 Å². The van der Waals surface area contributed by atoms with Crippen molar-refractivity contribution in [2.45, 2.75) is 18.4 Å². The topological polar surface area (TPSA) is 52.2 Å². The third-order valence-corrected chi connectivity index (χ3v) is 5.24. The summed E-state index contributed by atoms with van der Waals surface area (Å²) >= 11 is 6.31. The number of aromatic carboxylic acids is 1. The molecule has 122 valence electrons. The van der Waals surface area contributed by atoms with E-state index in [-0.39, 0.29) is 29.3 Å². The highest BCUT2D eigenvalue weighted by atomic mass is 35.5. The lowest BCUT2D eigenvalue weighted by Gasteiger charge is -2.39. The molecule has 5 heteroatoms. The van der Waals surface area contributed by atoms with Gasteiger partial charge in [-0.25, -0.2) is 4.39 Å². The Morgan fingerprint density at radius 3 is 2.79 bits per heavy atom. The number of carboxylic acid groups (broad SMARTS) is 1. The number of halogens is 2. The Morgan fingerprint density at radius 1 is 1.25 bits per heavy atom. The monoisotopic (exact) mass is 342 g/mol. The number of nitrogens with one attached hydrogen (secondary N) is 1. The van der Waals surface area contributed by atoms with Gasteiger partial charge in [0.2, 0.25) is 0 Å². The molecule has 4 rings (SSSR count). The molecule has 1 N–H and O–H groups in total. The average Bonchev–Trinajstić information content (AvgIpc) is 3.05. The molecule has 3 nitrogen and oxygen atoms in total. The van der Waals surface area contributed by atoms with Crippen LogP contribution in [0, 0.1) is 11.7 Å². The van der Waals surface area contributed by atoms with Crippen molar-refractivity contribution < 1.29 is 14.3 Å². The van der Waals surface area contributed by atoms with Crippen molar-refractivity contribution >= 4 is 23.3 Å². The van der Waals surface area contributed by atoms with Gasteiger partial charge in [0.1, 0.15) is 5.82 Å². The molecular weight excluding hydrogens is 329 g/mol. The average molecular weight is 343 g/mol. The van der Waals surface area contributed by atoms with Gasteiger partial charge in [-0.3, -0.25) is 0 Å². The Kier molecular flexibility index (Phi) is 3.57. The highest BCUT2D eigenvalue weighted by Crippen LogP contribution is 2.52. The van der Waals surface area contributed by atoms with Crippen LogP contribution in [-0.4, -0.2) is 5.97 Å². The third-order valence-electron chi connectivity index (χ3n) is 4.93. The maximum atomic E-state index is 14.3. The smallest absolute Gasteiger partial charge is 0.128 e. The van der Waals surface area contributed by atoms with Crippen molar-refractivity contribution in [2.75, 3.05) is 5.32 Å². The van der Waals surface area contributed by atoms with Crippen LogP contribution in [-0.2, 0) is 0 Å². The predicted octanol–water partition coefficient (Wildman–Crippen LogP) is 3.67. The normalized spacial score (nSPS) is 24.2. The number of rotatable bonds is 2. The van der Waals surface area contributed by atoms with E-state index < -0.39 is 5.97 Å². The van der Waals surface area contributed by atoms with Gasteiger partial charge in [-0.2, -0.15) is 0 Å². The number of hydrogen-bond acceptors (Lipinski definition) is 3. The number of carbonyl (C=O) groups excluding carboxylic acids is 1. The van der Waals surface area contributed by atoms with Crippen LogP contribution in [0.25, 0.3) is 0 Å². The second-order valence-electron chi connectivity index (χ2n) is 6.17. The van der Waals surface area contributed by atoms with E-state index in [9.17, 15) is 14.3 Å². The summed E-state index contributed by atoms with van der Waals surface area (Å²) in [5, 5.41) is 15.2. The van der Waals surface area contributed by atoms with Crippen molar-refractivity contribution in [3.8, 4) is 0 Å². The van der Waals surface area contributed by atoms with Gasteiger partial charge in [0, 0.05) is 17.0 Å². The Bertz CT molecular complexity index is 864. The standard InChI is InChI=1S/C19H15ClFNO2/c20-14-9-8-13(19(23)24)16-10-5-3-6-11(10)17(22-18(14)16)12-4-1-2-7-15(12)21/h1-5,7-11,17,22H,6H2,(H,23,24)/p-1/t10-,11+,17-/m1/s1. The number of allylic oxidation sites excluding steroid dienone is 2. The first-order chi connectivity index (χ1) is 11.6. The van der Waals surface area contributed by atoms with Crippen molar-refractivity contribution in [3.05, 3.63) is 76.1 Å².